The van der Waals surface area contributed by atoms with E-state index < -0.39 is 5.54 Å². The Labute approximate surface area is 143 Å². The molecule has 0 saturated carbocycles. The zero-order chi connectivity index (χ0) is 17.2. The molecule has 0 aliphatic carbocycles. The Morgan fingerprint density at radius 1 is 1.04 bits per heavy atom. The van der Waals surface area contributed by atoms with Crippen LogP contribution in [0.1, 0.15) is 42.7 Å². The first-order valence-corrected chi connectivity index (χ1v) is 8.42. The average molecular weight is 324 g/mol. The highest BCUT2D eigenvalue weighted by atomic mass is 16.2. The zero-order valence-electron chi connectivity index (χ0n) is 14.6. The second-order valence-corrected chi connectivity index (χ2v) is 6.76. The van der Waals surface area contributed by atoms with E-state index in [1.165, 1.54) is 12.8 Å². The van der Waals surface area contributed by atoms with Gasteiger partial charge in [0.1, 0.15) is 0 Å². The molecule has 1 saturated heterocycles. The summed E-state index contributed by atoms with van der Waals surface area (Å²) in [7, 11) is 1.81. The molecule has 1 fully saturated rings. The number of hydrogen-bond donors (Lipinski definition) is 0. The van der Waals surface area contributed by atoms with Crippen LogP contribution < -0.4 is 4.90 Å². The molecule has 1 aromatic carbocycles. The molecule has 1 aliphatic rings. The normalized spacial score (nSPS) is 14.7. The molecule has 5 nitrogen and oxygen atoms in total. The van der Waals surface area contributed by atoms with E-state index in [9.17, 15) is 4.79 Å². The van der Waals surface area contributed by atoms with Crippen molar-refractivity contribution in [3.63, 3.8) is 0 Å². The molecule has 0 spiro atoms. The summed E-state index contributed by atoms with van der Waals surface area (Å²) >= 11 is 0. The predicted octanol–water partition coefficient (Wildman–Crippen LogP) is 3.08. The number of carbonyl (C=O) groups is 1. The van der Waals surface area contributed by atoms with Gasteiger partial charge in [-0.05, 0) is 44.4 Å². The van der Waals surface area contributed by atoms with Crippen molar-refractivity contribution in [3.8, 4) is 0 Å². The fourth-order valence-corrected chi connectivity index (χ4v) is 3.02. The minimum Gasteiger partial charge on any atom is -0.355 e. The van der Waals surface area contributed by atoms with Gasteiger partial charge in [-0.15, -0.1) is 10.2 Å². The van der Waals surface area contributed by atoms with Crippen LogP contribution >= 0.6 is 0 Å². The largest absolute Gasteiger partial charge is 0.355 e. The van der Waals surface area contributed by atoms with Crippen molar-refractivity contribution < 1.29 is 4.79 Å². The zero-order valence-corrected chi connectivity index (χ0v) is 14.6. The molecule has 24 heavy (non-hydrogen) atoms. The van der Waals surface area contributed by atoms with Gasteiger partial charge in [0.15, 0.2) is 11.5 Å². The molecule has 0 radical (unpaired) electrons. The summed E-state index contributed by atoms with van der Waals surface area (Å²) in [5.41, 5.74) is 1.04. The highest BCUT2D eigenvalue weighted by molar-refractivity contribution is 5.92. The Kier molecular flexibility index (Phi) is 4.51. The van der Waals surface area contributed by atoms with Gasteiger partial charge in [0, 0.05) is 20.1 Å². The van der Waals surface area contributed by atoms with E-state index in [0.717, 1.165) is 24.5 Å². The standard InChI is InChI=1S/C19H24N4O/c1-19(2,15-9-5-4-6-10-15)22(3)18(24)16-11-12-17(21-20-16)23-13-7-8-14-23/h4-6,9-12H,7-8,13-14H2,1-3H3. The van der Waals surface area contributed by atoms with Gasteiger partial charge in [-0.25, -0.2) is 0 Å². The topological polar surface area (TPSA) is 49.3 Å². The highest BCUT2D eigenvalue weighted by Crippen LogP contribution is 2.27. The number of amides is 1. The van der Waals surface area contributed by atoms with Crippen molar-refractivity contribution in [2.75, 3.05) is 25.0 Å². The Balaban J connectivity index is 1.78. The minimum absolute atomic E-state index is 0.121. The van der Waals surface area contributed by atoms with Crippen LogP contribution in [0.15, 0.2) is 42.5 Å². The van der Waals surface area contributed by atoms with Crippen molar-refractivity contribution in [2.45, 2.75) is 32.2 Å². The predicted molar refractivity (Wildman–Crippen MR) is 95.0 cm³/mol. The average Bonchev–Trinajstić information content (AvgIpc) is 3.16. The number of carbonyl (C=O) groups excluding carboxylic acids is 1. The van der Waals surface area contributed by atoms with Gasteiger partial charge in [0.2, 0.25) is 0 Å². The molecule has 1 aliphatic heterocycles. The second-order valence-electron chi connectivity index (χ2n) is 6.76. The Bertz CT molecular complexity index is 691. The SMILES string of the molecule is CN(C(=O)c1ccc(N2CCCC2)nn1)C(C)(C)c1ccccc1. The molecule has 5 heteroatoms. The van der Waals surface area contributed by atoms with Gasteiger partial charge in [0.25, 0.3) is 5.91 Å². The summed E-state index contributed by atoms with van der Waals surface area (Å²) in [5.74, 6) is 0.735. The van der Waals surface area contributed by atoms with E-state index in [0.29, 0.717) is 5.69 Å². The molecule has 3 rings (SSSR count). The molecule has 2 aromatic rings. The van der Waals surface area contributed by atoms with Crippen LogP contribution in [0.3, 0.4) is 0 Å². The minimum atomic E-state index is -0.423. The van der Waals surface area contributed by atoms with Gasteiger partial charge >= 0.3 is 0 Å². The van der Waals surface area contributed by atoms with Crippen LogP contribution in [-0.4, -0.2) is 41.1 Å². The quantitative estimate of drug-likeness (QED) is 0.867. The number of anilines is 1. The van der Waals surface area contributed by atoms with Crippen LogP contribution in [-0.2, 0) is 5.54 Å². The van der Waals surface area contributed by atoms with Crippen molar-refractivity contribution >= 4 is 11.7 Å². The fourth-order valence-electron chi connectivity index (χ4n) is 3.02. The molecular formula is C19H24N4O. The van der Waals surface area contributed by atoms with Gasteiger partial charge in [-0.3, -0.25) is 4.79 Å². The van der Waals surface area contributed by atoms with E-state index in [1.807, 2.05) is 57.3 Å². The smallest absolute Gasteiger partial charge is 0.274 e. The maximum absolute atomic E-state index is 12.8. The first-order valence-electron chi connectivity index (χ1n) is 8.42. The summed E-state index contributed by atoms with van der Waals surface area (Å²) in [5, 5.41) is 8.42. The van der Waals surface area contributed by atoms with E-state index >= 15 is 0 Å². The molecule has 0 bridgehead atoms. The van der Waals surface area contributed by atoms with Crippen LogP contribution in [0.2, 0.25) is 0 Å². The molecule has 2 heterocycles. The first-order chi connectivity index (χ1) is 11.5. The third kappa shape index (κ3) is 3.11. The first kappa shape index (κ1) is 16.4. The van der Waals surface area contributed by atoms with Gasteiger partial charge in [0.05, 0.1) is 5.54 Å². The van der Waals surface area contributed by atoms with Crippen molar-refractivity contribution in [3.05, 3.63) is 53.7 Å². The van der Waals surface area contributed by atoms with Crippen molar-refractivity contribution in [2.24, 2.45) is 0 Å². The number of nitrogens with zero attached hydrogens (tertiary/aromatic N) is 4. The lowest BCUT2D eigenvalue weighted by Crippen LogP contribution is -2.43. The van der Waals surface area contributed by atoms with E-state index in [4.69, 9.17) is 0 Å². The lowest BCUT2D eigenvalue weighted by atomic mass is 9.92. The van der Waals surface area contributed by atoms with E-state index in [1.54, 1.807) is 11.0 Å². The number of benzene rings is 1. The molecule has 0 atom stereocenters. The third-order valence-electron chi connectivity index (χ3n) is 4.92. The summed E-state index contributed by atoms with van der Waals surface area (Å²) in [6.07, 6.45) is 2.38. The maximum atomic E-state index is 12.8. The van der Waals surface area contributed by atoms with Crippen molar-refractivity contribution in [1.82, 2.24) is 15.1 Å². The summed E-state index contributed by atoms with van der Waals surface area (Å²) in [4.78, 5) is 16.7. The molecule has 1 aromatic heterocycles. The lowest BCUT2D eigenvalue weighted by molar-refractivity contribution is 0.0615. The van der Waals surface area contributed by atoms with Crippen LogP contribution in [0.5, 0.6) is 0 Å². The number of hydrogen-bond acceptors (Lipinski definition) is 4. The van der Waals surface area contributed by atoms with Crippen molar-refractivity contribution in [1.29, 1.82) is 0 Å². The fraction of sp³-hybridized carbons (Fsp3) is 0.421. The second kappa shape index (κ2) is 6.59. The summed E-state index contributed by atoms with van der Waals surface area (Å²) in [6, 6.07) is 13.7. The number of rotatable bonds is 4. The monoisotopic (exact) mass is 324 g/mol. The number of aromatic nitrogens is 2. The molecule has 1 amide bonds. The van der Waals surface area contributed by atoms with Gasteiger partial charge in [-0.1, -0.05) is 30.3 Å². The van der Waals surface area contributed by atoms with Gasteiger partial charge < -0.3 is 9.80 Å². The Morgan fingerprint density at radius 2 is 1.71 bits per heavy atom. The van der Waals surface area contributed by atoms with Crippen LogP contribution in [0.4, 0.5) is 5.82 Å². The lowest BCUT2D eigenvalue weighted by Gasteiger charge is -2.36. The molecule has 0 N–H and O–H groups in total. The Morgan fingerprint density at radius 3 is 2.29 bits per heavy atom. The van der Waals surface area contributed by atoms with Gasteiger partial charge in [-0.2, -0.15) is 0 Å². The van der Waals surface area contributed by atoms with Crippen LogP contribution in [0.25, 0.3) is 0 Å². The molecule has 126 valence electrons. The molecular weight excluding hydrogens is 300 g/mol. The Hall–Kier alpha value is -2.43. The third-order valence-corrected chi connectivity index (χ3v) is 4.92. The maximum Gasteiger partial charge on any atom is 0.274 e. The molecule has 0 unspecified atom stereocenters. The summed E-state index contributed by atoms with van der Waals surface area (Å²) in [6.45, 7) is 6.10. The van der Waals surface area contributed by atoms with Crippen LogP contribution in [0, 0.1) is 0 Å². The van der Waals surface area contributed by atoms with E-state index in [2.05, 4.69) is 15.1 Å². The van der Waals surface area contributed by atoms with E-state index in [-0.39, 0.29) is 5.91 Å². The highest BCUT2D eigenvalue weighted by Gasteiger charge is 2.31. The summed E-state index contributed by atoms with van der Waals surface area (Å²) < 4.78 is 0.